The Balaban J connectivity index is 2.02. The molecular formula is C10H17N3S. The molecule has 1 aromatic heterocycles. The van der Waals surface area contributed by atoms with Gasteiger partial charge in [0.05, 0.1) is 0 Å². The lowest BCUT2D eigenvalue weighted by Crippen LogP contribution is -2.18. The standard InChI is InChI=1S/C10H17N3S/c1-2-8-3-4-13(7-8)10-12-6-9(5-11)14-10/h6,8H,2-5,7,11H2,1H3. The number of nitrogens with zero attached hydrogens (tertiary/aromatic N) is 2. The van der Waals surface area contributed by atoms with Gasteiger partial charge >= 0.3 is 0 Å². The van der Waals surface area contributed by atoms with Gasteiger partial charge in [-0.2, -0.15) is 0 Å². The number of rotatable bonds is 3. The van der Waals surface area contributed by atoms with E-state index in [0.29, 0.717) is 6.54 Å². The predicted molar refractivity (Wildman–Crippen MR) is 60.6 cm³/mol. The third kappa shape index (κ3) is 1.91. The Bertz CT molecular complexity index is 297. The van der Waals surface area contributed by atoms with Crippen LogP contribution in [0.5, 0.6) is 0 Å². The first-order valence-corrected chi connectivity index (χ1v) is 6.04. The summed E-state index contributed by atoms with van der Waals surface area (Å²) in [4.78, 5) is 7.97. The van der Waals surface area contributed by atoms with Crippen molar-refractivity contribution in [3.63, 3.8) is 0 Å². The lowest BCUT2D eigenvalue weighted by Gasteiger charge is -2.13. The van der Waals surface area contributed by atoms with Crippen LogP contribution in [-0.2, 0) is 6.54 Å². The van der Waals surface area contributed by atoms with Crippen molar-refractivity contribution in [2.24, 2.45) is 11.7 Å². The molecule has 78 valence electrons. The largest absolute Gasteiger partial charge is 0.348 e. The molecule has 0 aliphatic carbocycles. The summed E-state index contributed by atoms with van der Waals surface area (Å²) in [7, 11) is 0. The maximum Gasteiger partial charge on any atom is 0.185 e. The number of hydrogen-bond donors (Lipinski definition) is 1. The smallest absolute Gasteiger partial charge is 0.185 e. The molecule has 1 aliphatic rings. The fourth-order valence-electron chi connectivity index (χ4n) is 1.88. The van der Waals surface area contributed by atoms with Crippen molar-refractivity contribution < 1.29 is 0 Å². The first-order chi connectivity index (χ1) is 6.83. The molecule has 0 bridgehead atoms. The Hall–Kier alpha value is -0.610. The molecule has 14 heavy (non-hydrogen) atoms. The highest BCUT2D eigenvalue weighted by molar-refractivity contribution is 7.15. The molecule has 4 heteroatoms. The first kappa shape index (κ1) is 9.93. The van der Waals surface area contributed by atoms with Gasteiger partial charge in [0, 0.05) is 30.7 Å². The number of aromatic nitrogens is 1. The summed E-state index contributed by atoms with van der Waals surface area (Å²) in [5.74, 6) is 0.861. The predicted octanol–water partition coefficient (Wildman–Crippen LogP) is 1.84. The van der Waals surface area contributed by atoms with Crippen LogP contribution < -0.4 is 10.6 Å². The van der Waals surface area contributed by atoms with E-state index in [1.54, 1.807) is 11.3 Å². The number of thiazole rings is 1. The van der Waals surface area contributed by atoms with Crippen molar-refractivity contribution in [3.8, 4) is 0 Å². The summed E-state index contributed by atoms with van der Waals surface area (Å²) in [6.45, 7) is 5.22. The molecule has 0 amide bonds. The Morgan fingerprint density at radius 3 is 3.14 bits per heavy atom. The van der Waals surface area contributed by atoms with Gasteiger partial charge in [-0.1, -0.05) is 13.3 Å². The van der Waals surface area contributed by atoms with Crippen molar-refractivity contribution in [2.75, 3.05) is 18.0 Å². The molecule has 2 N–H and O–H groups in total. The van der Waals surface area contributed by atoms with E-state index >= 15 is 0 Å². The summed E-state index contributed by atoms with van der Waals surface area (Å²) < 4.78 is 0. The molecule has 1 aromatic rings. The molecule has 1 unspecified atom stereocenters. The zero-order chi connectivity index (χ0) is 9.97. The summed E-state index contributed by atoms with van der Waals surface area (Å²) in [5, 5.41) is 1.15. The maximum atomic E-state index is 5.57. The summed E-state index contributed by atoms with van der Waals surface area (Å²) in [5.41, 5.74) is 5.57. The van der Waals surface area contributed by atoms with Crippen LogP contribution in [0, 0.1) is 5.92 Å². The molecule has 1 fully saturated rings. The number of nitrogens with two attached hydrogens (primary N) is 1. The molecule has 1 atom stereocenters. The van der Waals surface area contributed by atoms with Crippen molar-refractivity contribution in [1.29, 1.82) is 0 Å². The first-order valence-electron chi connectivity index (χ1n) is 5.23. The second-order valence-electron chi connectivity index (χ2n) is 3.82. The minimum absolute atomic E-state index is 0.614. The van der Waals surface area contributed by atoms with Gasteiger partial charge < -0.3 is 10.6 Å². The minimum atomic E-state index is 0.614. The van der Waals surface area contributed by atoms with Gasteiger partial charge in [0.25, 0.3) is 0 Å². The average molecular weight is 211 g/mol. The molecule has 0 aromatic carbocycles. The maximum absolute atomic E-state index is 5.57. The SMILES string of the molecule is CCC1CCN(c2ncc(CN)s2)C1. The number of anilines is 1. The summed E-state index contributed by atoms with van der Waals surface area (Å²) >= 11 is 1.73. The third-order valence-corrected chi connectivity index (χ3v) is 3.96. The van der Waals surface area contributed by atoms with Gasteiger partial charge in [-0.15, -0.1) is 11.3 Å². The molecule has 1 saturated heterocycles. The quantitative estimate of drug-likeness (QED) is 0.829. The lowest BCUT2D eigenvalue weighted by atomic mass is 10.1. The van der Waals surface area contributed by atoms with Crippen LogP contribution in [0.4, 0.5) is 5.13 Å². The molecule has 2 heterocycles. The van der Waals surface area contributed by atoms with Gasteiger partial charge in [-0.25, -0.2) is 4.98 Å². The highest BCUT2D eigenvalue weighted by Gasteiger charge is 2.22. The van der Waals surface area contributed by atoms with Crippen molar-refractivity contribution in [1.82, 2.24) is 4.98 Å². The molecule has 0 saturated carbocycles. The summed E-state index contributed by atoms with van der Waals surface area (Å²) in [6, 6.07) is 0. The van der Waals surface area contributed by atoms with Crippen LogP contribution in [0.1, 0.15) is 24.6 Å². The fraction of sp³-hybridized carbons (Fsp3) is 0.700. The Morgan fingerprint density at radius 1 is 1.71 bits per heavy atom. The second kappa shape index (κ2) is 4.28. The van der Waals surface area contributed by atoms with Crippen LogP contribution in [-0.4, -0.2) is 18.1 Å². The van der Waals surface area contributed by atoms with E-state index in [1.165, 1.54) is 24.3 Å². The Morgan fingerprint density at radius 2 is 2.57 bits per heavy atom. The van der Waals surface area contributed by atoms with Crippen LogP contribution >= 0.6 is 11.3 Å². The average Bonchev–Trinajstić information content (AvgIpc) is 2.86. The fourth-order valence-corrected chi connectivity index (χ4v) is 2.70. The van der Waals surface area contributed by atoms with Crippen LogP contribution in [0.25, 0.3) is 0 Å². The Labute approximate surface area is 88.9 Å². The third-order valence-electron chi connectivity index (χ3n) is 2.88. The second-order valence-corrected chi connectivity index (χ2v) is 4.92. The topological polar surface area (TPSA) is 42.2 Å². The number of hydrogen-bond acceptors (Lipinski definition) is 4. The highest BCUT2D eigenvalue weighted by Crippen LogP contribution is 2.28. The van der Waals surface area contributed by atoms with Crippen LogP contribution in [0.15, 0.2) is 6.20 Å². The monoisotopic (exact) mass is 211 g/mol. The lowest BCUT2D eigenvalue weighted by molar-refractivity contribution is 0.569. The van der Waals surface area contributed by atoms with E-state index in [2.05, 4.69) is 16.8 Å². The van der Waals surface area contributed by atoms with E-state index in [-0.39, 0.29) is 0 Å². The van der Waals surface area contributed by atoms with E-state index < -0.39 is 0 Å². The molecule has 1 aliphatic heterocycles. The van der Waals surface area contributed by atoms with Gasteiger partial charge in [0.2, 0.25) is 0 Å². The van der Waals surface area contributed by atoms with Crippen molar-refractivity contribution in [2.45, 2.75) is 26.3 Å². The highest BCUT2D eigenvalue weighted by atomic mass is 32.1. The van der Waals surface area contributed by atoms with Gasteiger partial charge in [-0.05, 0) is 12.3 Å². The zero-order valence-electron chi connectivity index (χ0n) is 8.57. The van der Waals surface area contributed by atoms with Gasteiger partial charge in [0.1, 0.15) is 0 Å². The van der Waals surface area contributed by atoms with E-state index in [0.717, 1.165) is 17.6 Å². The van der Waals surface area contributed by atoms with E-state index in [9.17, 15) is 0 Å². The van der Waals surface area contributed by atoms with Crippen LogP contribution in [0.2, 0.25) is 0 Å². The van der Waals surface area contributed by atoms with E-state index in [1.807, 2.05) is 6.20 Å². The van der Waals surface area contributed by atoms with Crippen molar-refractivity contribution in [3.05, 3.63) is 11.1 Å². The molecule has 0 spiro atoms. The minimum Gasteiger partial charge on any atom is -0.348 e. The molecular weight excluding hydrogens is 194 g/mol. The summed E-state index contributed by atoms with van der Waals surface area (Å²) in [6.07, 6.45) is 4.50. The zero-order valence-corrected chi connectivity index (χ0v) is 9.39. The van der Waals surface area contributed by atoms with E-state index in [4.69, 9.17) is 5.73 Å². The normalized spacial score (nSPS) is 21.9. The van der Waals surface area contributed by atoms with Gasteiger partial charge in [0.15, 0.2) is 5.13 Å². The molecule has 3 nitrogen and oxygen atoms in total. The Kier molecular flexibility index (Phi) is 3.03. The van der Waals surface area contributed by atoms with Gasteiger partial charge in [-0.3, -0.25) is 0 Å². The molecule has 0 radical (unpaired) electrons. The van der Waals surface area contributed by atoms with Crippen molar-refractivity contribution >= 4 is 16.5 Å². The molecule has 2 rings (SSSR count). The van der Waals surface area contributed by atoms with Crippen LogP contribution in [0.3, 0.4) is 0 Å².